The van der Waals surface area contributed by atoms with Gasteiger partial charge in [-0.05, 0) is 68.5 Å². The predicted molar refractivity (Wildman–Crippen MR) is 143 cm³/mol. The van der Waals surface area contributed by atoms with Gasteiger partial charge in [-0.15, -0.1) is 11.3 Å². The Labute approximate surface area is 213 Å². The number of aromatic amines is 1. The molecule has 0 saturated heterocycles. The summed E-state index contributed by atoms with van der Waals surface area (Å²) in [6.07, 6.45) is 6.69. The number of anilines is 1. The molecule has 2 N–H and O–H groups in total. The number of thiophene rings is 1. The molecule has 2 aromatic heterocycles. The van der Waals surface area contributed by atoms with Gasteiger partial charge >= 0.3 is 0 Å². The standard InChI is InChI=1S/C28H29N3O4S/c1-2-34-22-16-18(14-15-21(22)35-17-24(32)29-19-10-6-5-7-11-19)26-30-27(33)25-20-12-8-3-4-9-13-23(20)36-28(25)31-26/h5-7,10-11,14-16H,2-4,8-9,12-13,17H2,1H3,(H,29,32)(H,30,31,33). The van der Waals surface area contributed by atoms with E-state index in [-0.39, 0.29) is 18.1 Å². The highest BCUT2D eigenvalue weighted by atomic mass is 32.1. The molecule has 1 aliphatic rings. The maximum absolute atomic E-state index is 13.1. The first-order valence-corrected chi connectivity index (χ1v) is 13.2. The zero-order valence-electron chi connectivity index (χ0n) is 20.3. The van der Waals surface area contributed by atoms with Crippen LogP contribution in [0.4, 0.5) is 5.69 Å². The second kappa shape index (κ2) is 11.0. The first-order chi connectivity index (χ1) is 17.6. The molecule has 2 heterocycles. The van der Waals surface area contributed by atoms with Crippen LogP contribution in [0.5, 0.6) is 11.5 Å². The minimum Gasteiger partial charge on any atom is -0.490 e. The fourth-order valence-electron chi connectivity index (χ4n) is 4.56. The quantitative estimate of drug-likeness (QED) is 0.336. The summed E-state index contributed by atoms with van der Waals surface area (Å²) in [4.78, 5) is 35.3. The number of carbonyl (C=O) groups is 1. The largest absolute Gasteiger partial charge is 0.490 e. The van der Waals surface area contributed by atoms with Crippen LogP contribution in [0.3, 0.4) is 0 Å². The highest BCUT2D eigenvalue weighted by Crippen LogP contribution is 2.35. The number of amides is 1. The number of hydrogen-bond acceptors (Lipinski definition) is 6. The lowest BCUT2D eigenvalue weighted by Crippen LogP contribution is -2.20. The molecule has 0 radical (unpaired) electrons. The molecular weight excluding hydrogens is 474 g/mol. The second-order valence-corrected chi connectivity index (χ2v) is 9.89. The van der Waals surface area contributed by atoms with E-state index in [1.807, 2.05) is 43.3 Å². The Hall–Kier alpha value is -3.65. The number of ether oxygens (including phenoxy) is 2. The van der Waals surface area contributed by atoms with Gasteiger partial charge in [0, 0.05) is 16.1 Å². The number of para-hydroxylation sites is 1. The van der Waals surface area contributed by atoms with E-state index in [4.69, 9.17) is 14.5 Å². The first kappa shape index (κ1) is 24.1. The fourth-order valence-corrected chi connectivity index (χ4v) is 5.82. The number of hydrogen-bond donors (Lipinski definition) is 2. The van der Waals surface area contributed by atoms with Crippen LogP contribution in [0.2, 0.25) is 0 Å². The summed E-state index contributed by atoms with van der Waals surface area (Å²) in [5.41, 5.74) is 2.52. The number of nitrogens with one attached hydrogen (secondary N) is 2. The summed E-state index contributed by atoms with van der Waals surface area (Å²) >= 11 is 1.64. The highest BCUT2D eigenvalue weighted by molar-refractivity contribution is 7.18. The van der Waals surface area contributed by atoms with Gasteiger partial charge in [-0.25, -0.2) is 4.98 Å². The Kier molecular flexibility index (Phi) is 7.32. The van der Waals surface area contributed by atoms with Crippen LogP contribution in [-0.2, 0) is 17.6 Å². The SMILES string of the molecule is CCOc1cc(-c2nc3sc4c(c3c(=O)[nH]2)CCCCCC4)ccc1OCC(=O)Nc1ccccc1. The van der Waals surface area contributed by atoms with Crippen molar-refractivity contribution in [1.29, 1.82) is 0 Å². The van der Waals surface area contributed by atoms with Crippen molar-refractivity contribution in [2.24, 2.45) is 0 Å². The van der Waals surface area contributed by atoms with Crippen molar-refractivity contribution < 1.29 is 14.3 Å². The lowest BCUT2D eigenvalue weighted by molar-refractivity contribution is -0.118. The predicted octanol–water partition coefficient (Wildman–Crippen LogP) is 5.73. The summed E-state index contributed by atoms with van der Waals surface area (Å²) < 4.78 is 11.5. The molecule has 36 heavy (non-hydrogen) atoms. The lowest BCUT2D eigenvalue weighted by Gasteiger charge is -2.13. The van der Waals surface area contributed by atoms with Gasteiger partial charge in [0.1, 0.15) is 10.7 Å². The van der Waals surface area contributed by atoms with Gasteiger partial charge in [-0.2, -0.15) is 0 Å². The normalized spacial score (nSPS) is 13.5. The average molecular weight is 504 g/mol. The van der Waals surface area contributed by atoms with Crippen molar-refractivity contribution in [3.8, 4) is 22.9 Å². The van der Waals surface area contributed by atoms with E-state index in [2.05, 4.69) is 10.3 Å². The fraction of sp³-hybridized carbons (Fsp3) is 0.321. The molecule has 0 bridgehead atoms. The van der Waals surface area contributed by atoms with Crippen molar-refractivity contribution in [3.05, 3.63) is 69.3 Å². The monoisotopic (exact) mass is 503 g/mol. The number of aryl methyl sites for hydroxylation is 2. The third-order valence-electron chi connectivity index (χ3n) is 6.26. The number of rotatable bonds is 7. The van der Waals surface area contributed by atoms with Crippen LogP contribution >= 0.6 is 11.3 Å². The molecule has 5 rings (SSSR count). The van der Waals surface area contributed by atoms with Gasteiger partial charge < -0.3 is 19.8 Å². The number of benzene rings is 2. The lowest BCUT2D eigenvalue weighted by atomic mass is 9.98. The second-order valence-electron chi connectivity index (χ2n) is 8.81. The molecule has 0 atom stereocenters. The third kappa shape index (κ3) is 5.28. The molecule has 1 amide bonds. The molecule has 0 unspecified atom stereocenters. The summed E-state index contributed by atoms with van der Waals surface area (Å²) in [6.45, 7) is 2.15. The van der Waals surface area contributed by atoms with E-state index in [9.17, 15) is 9.59 Å². The Balaban J connectivity index is 1.39. The molecule has 7 nitrogen and oxygen atoms in total. The van der Waals surface area contributed by atoms with Crippen LogP contribution in [0.25, 0.3) is 21.6 Å². The summed E-state index contributed by atoms with van der Waals surface area (Å²) in [5, 5.41) is 3.54. The summed E-state index contributed by atoms with van der Waals surface area (Å²) in [6, 6.07) is 14.6. The summed E-state index contributed by atoms with van der Waals surface area (Å²) in [5.74, 6) is 1.17. The van der Waals surface area contributed by atoms with E-state index in [1.165, 1.54) is 23.3 Å². The maximum atomic E-state index is 13.1. The molecule has 2 aromatic carbocycles. The van der Waals surface area contributed by atoms with E-state index in [0.29, 0.717) is 29.6 Å². The van der Waals surface area contributed by atoms with Crippen molar-refractivity contribution in [3.63, 3.8) is 0 Å². The van der Waals surface area contributed by atoms with Gasteiger partial charge in [0.15, 0.2) is 18.1 Å². The topological polar surface area (TPSA) is 93.3 Å². The molecule has 8 heteroatoms. The summed E-state index contributed by atoms with van der Waals surface area (Å²) in [7, 11) is 0. The Bertz CT molecular complexity index is 1430. The number of carbonyl (C=O) groups excluding carboxylic acids is 1. The van der Waals surface area contributed by atoms with Crippen molar-refractivity contribution in [2.45, 2.75) is 45.4 Å². The molecule has 0 aliphatic heterocycles. The van der Waals surface area contributed by atoms with Gasteiger partial charge in [0.05, 0.1) is 12.0 Å². The number of H-pyrrole nitrogens is 1. The van der Waals surface area contributed by atoms with Crippen LogP contribution in [0.15, 0.2) is 53.3 Å². The molecule has 0 saturated carbocycles. The van der Waals surface area contributed by atoms with Crippen LogP contribution in [0, 0.1) is 0 Å². The number of nitrogens with zero attached hydrogens (tertiary/aromatic N) is 1. The van der Waals surface area contributed by atoms with Gasteiger partial charge in [-0.3, -0.25) is 9.59 Å². The van der Waals surface area contributed by atoms with Crippen molar-refractivity contribution >= 4 is 33.1 Å². The molecule has 1 aliphatic carbocycles. The average Bonchev–Trinajstić information content (AvgIpc) is 3.20. The first-order valence-electron chi connectivity index (χ1n) is 12.4. The zero-order valence-corrected chi connectivity index (χ0v) is 21.1. The van der Waals surface area contributed by atoms with Crippen molar-refractivity contribution in [1.82, 2.24) is 9.97 Å². The third-order valence-corrected chi connectivity index (χ3v) is 7.44. The molecule has 0 fully saturated rings. The maximum Gasteiger partial charge on any atom is 0.262 e. The minimum absolute atomic E-state index is 0.0936. The molecular formula is C28H29N3O4S. The zero-order chi connectivity index (χ0) is 24.9. The molecule has 186 valence electrons. The van der Waals surface area contributed by atoms with Gasteiger partial charge in [0.25, 0.3) is 11.5 Å². The van der Waals surface area contributed by atoms with E-state index >= 15 is 0 Å². The number of aromatic nitrogens is 2. The van der Waals surface area contributed by atoms with E-state index in [0.717, 1.165) is 41.5 Å². The van der Waals surface area contributed by atoms with Gasteiger partial charge in [0.2, 0.25) is 0 Å². The van der Waals surface area contributed by atoms with Gasteiger partial charge in [-0.1, -0.05) is 31.0 Å². The van der Waals surface area contributed by atoms with Crippen molar-refractivity contribution in [2.75, 3.05) is 18.5 Å². The van der Waals surface area contributed by atoms with Crippen LogP contribution in [-0.4, -0.2) is 29.1 Å². The van der Waals surface area contributed by atoms with E-state index in [1.54, 1.807) is 23.5 Å². The van der Waals surface area contributed by atoms with Crippen LogP contribution < -0.4 is 20.3 Å². The Morgan fingerprint density at radius 3 is 2.64 bits per heavy atom. The molecule has 0 spiro atoms. The molecule has 4 aromatic rings. The Morgan fingerprint density at radius 2 is 1.83 bits per heavy atom. The van der Waals surface area contributed by atoms with Crippen LogP contribution in [0.1, 0.15) is 43.0 Å². The highest BCUT2D eigenvalue weighted by Gasteiger charge is 2.19. The van der Waals surface area contributed by atoms with E-state index < -0.39 is 0 Å². The minimum atomic E-state index is -0.266. The smallest absolute Gasteiger partial charge is 0.262 e. The Morgan fingerprint density at radius 1 is 1.03 bits per heavy atom. The number of fused-ring (bicyclic) bond motifs is 3.